The lowest BCUT2D eigenvalue weighted by Crippen LogP contribution is -2.45. The van der Waals surface area contributed by atoms with Crippen LogP contribution in [-0.4, -0.2) is 113 Å². The number of hydrogen-bond acceptors (Lipinski definition) is 22. The molecule has 0 aliphatic carbocycles. The Morgan fingerprint density at radius 3 is 1.93 bits per heavy atom. The van der Waals surface area contributed by atoms with E-state index in [0.29, 0.717) is 124 Å². The quantitative estimate of drug-likeness (QED) is 0.0660. The van der Waals surface area contributed by atoms with Gasteiger partial charge in [-0.15, -0.1) is 32.9 Å². The first-order valence-corrected chi connectivity index (χ1v) is 24.5. The number of morpholine rings is 1. The lowest BCUT2D eigenvalue weighted by atomic mass is 10.2. The number of benzene rings is 2. The Morgan fingerprint density at radius 1 is 0.662 bits per heavy atom. The Bertz CT molecular complexity index is 3280. The van der Waals surface area contributed by atoms with Crippen molar-refractivity contribution in [3.8, 4) is 56.3 Å². The number of imidazole rings is 2. The summed E-state index contributed by atoms with van der Waals surface area (Å²) in [6, 6.07) is 11.1. The highest BCUT2D eigenvalue weighted by Crippen LogP contribution is 2.40. The first-order valence-electron chi connectivity index (χ1n) is 21.1. The number of thiazole rings is 2. The first kappa shape index (κ1) is 44.0. The standard InChI is InChI=1S/C44H41N9O11S4/c1-54-7-8-58-21-39-45-24(22-65-39)18-60-33-9-26(55-2)11-35-29(33)13-38(64-35)32-17-53-42(48-32)68-44(50-53)62-20-28-15-51(5-6-59-28)40-46-25(23-66-40)19-61-34-10-27(56-3)12-36-30(34)14-37(63-36)31-16-52-41(47-31)67-43(49-52)57-4/h9-14,16-17,22-23,28H,5-8,15,18-21H2,1-4H3. The fraction of sp³-hybridized carbons (Fsp3) is 0.318. The first-order chi connectivity index (χ1) is 33.4. The maximum absolute atomic E-state index is 6.35. The second kappa shape index (κ2) is 19.2. The zero-order valence-corrected chi connectivity index (χ0v) is 40.1. The molecule has 0 bridgehead atoms. The molecule has 0 saturated carbocycles. The Hall–Kier alpha value is -6.54. The van der Waals surface area contributed by atoms with Crippen LogP contribution in [0.2, 0.25) is 0 Å². The molecule has 0 N–H and O–H groups in total. The molecule has 68 heavy (non-hydrogen) atoms. The molecule has 8 aromatic heterocycles. The van der Waals surface area contributed by atoms with Gasteiger partial charge in [0.25, 0.3) is 10.4 Å². The van der Waals surface area contributed by atoms with Crippen molar-refractivity contribution in [1.82, 2.24) is 39.2 Å². The maximum Gasteiger partial charge on any atom is 0.294 e. The number of fused-ring (bicyclic) bond motifs is 4. The van der Waals surface area contributed by atoms with Gasteiger partial charge in [0.2, 0.25) is 9.92 Å². The van der Waals surface area contributed by atoms with Crippen molar-refractivity contribution in [2.75, 3.05) is 72.9 Å². The van der Waals surface area contributed by atoms with Crippen LogP contribution < -0.4 is 33.3 Å². The largest absolute Gasteiger partial charge is 0.496 e. The van der Waals surface area contributed by atoms with Crippen LogP contribution in [0.5, 0.6) is 33.4 Å². The van der Waals surface area contributed by atoms with Crippen molar-refractivity contribution in [3.05, 3.63) is 75.9 Å². The molecule has 352 valence electrons. The molecule has 20 nitrogen and oxygen atoms in total. The summed E-state index contributed by atoms with van der Waals surface area (Å²) >= 11 is 5.76. The van der Waals surface area contributed by atoms with Gasteiger partial charge >= 0.3 is 0 Å². The molecule has 9 heterocycles. The van der Waals surface area contributed by atoms with Crippen LogP contribution in [0.25, 0.3) is 54.8 Å². The number of hydrogen-bond donors (Lipinski definition) is 0. The Morgan fingerprint density at radius 2 is 1.29 bits per heavy atom. The minimum Gasteiger partial charge on any atom is -0.496 e. The van der Waals surface area contributed by atoms with Crippen molar-refractivity contribution < 1.29 is 51.5 Å². The molecule has 1 unspecified atom stereocenters. The van der Waals surface area contributed by atoms with E-state index in [1.54, 1.807) is 55.0 Å². The average Bonchev–Trinajstić information content (AvgIpc) is 4.21. The van der Waals surface area contributed by atoms with Crippen molar-refractivity contribution in [3.63, 3.8) is 0 Å². The van der Waals surface area contributed by atoms with Gasteiger partial charge in [0, 0.05) is 55.2 Å². The minimum atomic E-state index is -0.204. The summed E-state index contributed by atoms with van der Waals surface area (Å²) < 4.78 is 67.7. The summed E-state index contributed by atoms with van der Waals surface area (Å²) in [5, 5.41) is 17.3. The van der Waals surface area contributed by atoms with Crippen LogP contribution in [0.3, 0.4) is 0 Å². The monoisotopic (exact) mass is 999 g/mol. The fourth-order valence-electron chi connectivity index (χ4n) is 7.39. The number of ether oxygens (including phenoxy) is 9. The van der Waals surface area contributed by atoms with Crippen LogP contribution in [-0.2, 0) is 34.0 Å². The number of rotatable bonds is 20. The molecule has 10 aromatic rings. The second-order valence-corrected chi connectivity index (χ2v) is 18.8. The van der Waals surface area contributed by atoms with Crippen LogP contribution in [0.1, 0.15) is 16.4 Å². The lowest BCUT2D eigenvalue weighted by molar-refractivity contribution is 0.00999. The number of furan rings is 2. The molecule has 1 saturated heterocycles. The molecule has 11 rings (SSSR count). The SMILES string of the molecule is COCCOCc1nc(COc2cc(OC)cc3oc(-c4cn5nc(OCC6CN(c7nc(COc8cc(OC)cc9oc(-c%10cn%11nc(OC)sc%11n%10)cc89)cs7)CCO6)sc5n4)cc23)cs1. The van der Waals surface area contributed by atoms with E-state index in [9.17, 15) is 0 Å². The second-order valence-electron chi connectivity index (χ2n) is 15.2. The number of anilines is 1. The predicted molar refractivity (Wildman–Crippen MR) is 254 cm³/mol. The van der Waals surface area contributed by atoms with Gasteiger partial charge in [-0.3, -0.25) is 0 Å². The third-order valence-electron chi connectivity index (χ3n) is 10.7. The van der Waals surface area contributed by atoms with Gasteiger partial charge in [0.1, 0.15) is 76.5 Å². The van der Waals surface area contributed by atoms with Gasteiger partial charge in [-0.1, -0.05) is 0 Å². The molecule has 0 radical (unpaired) electrons. The molecule has 1 fully saturated rings. The Kier molecular flexibility index (Phi) is 12.4. The van der Waals surface area contributed by atoms with Gasteiger partial charge in [-0.25, -0.2) is 29.0 Å². The highest BCUT2D eigenvalue weighted by molar-refractivity contribution is 7.18. The number of aromatic nitrogens is 8. The minimum absolute atomic E-state index is 0.204. The molecule has 24 heteroatoms. The summed E-state index contributed by atoms with van der Waals surface area (Å²) in [6.07, 6.45) is 3.41. The van der Waals surface area contributed by atoms with E-state index >= 15 is 0 Å². The molecule has 2 aromatic carbocycles. The molecule has 1 atom stereocenters. The van der Waals surface area contributed by atoms with Crippen molar-refractivity contribution in [1.29, 1.82) is 0 Å². The summed E-state index contributed by atoms with van der Waals surface area (Å²) in [7, 11) is 6.43. The Balaban J connectivity index is 0.702. The summed E-state index contributed by atoms with van der Waals surface area (Å²) in [5.74, 6) is 3.55. The van der Waals surface area contributed by atoms with Gasteiger partial charge in [0.15, 0.2) is 16.7 Å². The molecule has 0 spiro atoms. The van der Waals surface area contributed by atoms with Crippen LogP contribution in [0.15, 0.2) is 68.4 Å². The van der Waals surface area contributed by atoms with Gasteiger partial charge < -0.3 is 56.4 Å². The molecule has 1 aliphatic heterocycles. The van der Waals surface area contributed by atoms with Gasteiger partial charge in [-0.2, -0.15) is 0 Å². The highest BCUT2D eigenvalue weighted by atomic mass is 32.1. The number of methoxy groups -OCH3 is 4. The average molecular weight is 1000 g/mol. The molecule has 1 aliphatic rings. The van der Waals surface area contributed by atoms with Crippen LogP contribution >= 0.6 is 45.3 Å². The number of nitrogens with zero attached hydrogens (tertiary/aromatic N) is 9. The molecular weight excluding hydrogens is 959 g/mol. The van der Waals surface area contributed by atoms with Crippen molar-refractivity contribution in [2.24, 2.45) is 0 Å². The third kappa shape index (κ3) is 9.22. The van der Waals surface area contributed by atoms with E-state index in [2.05, 4.69) is 25.1 Å². The van der Waals surface area contributed by atoms with Gasteiger partial charge in [0.05, 0.1) is 82.3 Å². The summed E-state index contributed by atoms with van der Waals surface area (Å²) in [4.78, 5) is 22.6. The van der Waals surface area contributed by atoms with Crippen LogP contribution in [0, 0.1) is 0 Å². The third-order valence-corrected chi connectivity index (χ3v) is 14.2. The highest BCUT2D eigenvalue weighted by Gasteiger charge is 2.25. The van der Waals surface area contributed by atoms with E-state index in [0.717, 1.165) is 32.3 Å². The normalized spacial score (nSPS) is 14.2. The zero-order valence-electron chi connectivity index (χ0n) is 36.9. The van der Waals surface area contributed by atoms with Crippen LogP contribution in [0.4, 0.5) is 5.13 Å². The van der Waals surface area contributed by atoms with E-state index in [1.165, 1.54) is 34.0 Å². The molecular formula is C44H41N9O11S4. The fourth-order valence-corrected chi connectivity index (χ4v) is 10.4. The van der Waals surface area contributed by atoms with E-state index in [4.69, 9.17) is 61.4 Å². The predicted octanol–water partition coefficient (Wildman–Crippen LogP) is 8.27. The van der Waals surface area contributed by atoms with E-state index in [-0.39, 0.29) is 19.3 Å². The van der Waals surface area contributed by atoms with Gasteiger partial charge in [-0.05, 0) is 34.8 Å². The Labute approximate surface area is 402 Å². The maximum atomic E-state index is 6.35. The summed E-state index contributed by atoms with van der Waals surface area (Å²) in [5.41, 5.74) is 4.06. The van der Waals surface area contributed by atoms with Crippen molar-refractivity contribution >= 4 is 82.3 Å². The summed E-state index contributed by atoms with van der Waals surface area (Å²) in [6.45, 7) is 4.10. The van der Waals surface area contributed by atoms with E-state index < -0.39 is 0 Å². The smallest absolute Gasteiger partial charge is 0.294 e. The lowest BCUT2D eigenvalue weighted by Gasteiger charge is -2.32. The molecule has 0 amide bonds. The van der Waals surface area contributed by atoms with Crippen molar-refractivity contribution in [2.45, 2.75) is 25.9 Å². The van der Waals surface area contributed by atoms with E-state index in [1.807, 2.05) is 53.4 Å². The zero-order chi connectivity index (χ0) is 46.1. The topological polar surface area (TPSA) is 199 Å².